The number of amides is 1. The van der Waals surface area contributed by atoms with E-state index in [1.165, 1.54) is 23.8 Å². The maximum atomic E-state index is 13.4. The number of aliphatic hydroxyl groups is 1. The molecule has 214 valence electrons. The van der Waals surface area contributed by atoms with Crippen LogP contribution < -0.4 is 5.32 Å². The number of hydrogen-bond acceptors (Lipinski definition) is 15. The number of nitrogens with zero attached hydrogens (tertiary/aromatic N) is 7. The van der Waals surface area contributed by atoms with Crippen LogP contribution in [0.2, 0.25) is 0 Å². The van der Waals surface area contributed by atoms with Gasteiger partial charge in [-0.2, -0.15) is 4.99 Å². The summed E-state index contributed by atoms with van der Waals surface area (Å²) in [6, 6.07) is -1.07. The molecule has 18 nitrogen and oxygen atoms in total. The normalized spacial score (nSPS) is 36.9. The number of rotatable bonds is 1. The Morgan fingerprint density at radius 3 is 2.95 bits per heavy atom. The molecule has 4 aliphatic rings. The van der Waals surface area contributed by atoms with Crippen LogP contribution in [0.3, 0.4) is 0 Å². The summed E-state index contributed by atoms with van der Waals surface area (Å²) in [5.41, 5.74) is 0.849. The topological polar surface area (TPSA) is 228 Å². The molecule has 2 aromatic rings. The summed E-state index contributed by atoms with van der Waals surface area (Å²) >= 11 is 9.22. The molecule has 6 rings (SSSR count). The number of aliphatic hydroxyl groups excluding tert-OH is 1. The number of amidine groups is 1. The number of imidazole rings is 1. The highest BCUT2D eigenvalue weighted by atomic mass is 32.7. The predicted octanol–water partition coefficient (Wildman–Crippen LogP) is -0.709. The summed E-state index contributed by atoms with van der Waals surface area (Å²) in [6.45, 7) is -8.80. The van der Waals surface area contributed by atoms with Crippen LogP contribution in [-0.4, -0.2) is 102 Å². The number of ether oxygens (including phenoxy) is 1. The van der Waals surface area contributed by atoms with Crippen molar-refractivity contribution < 1.29 is 42.2 Å². The second-order valence-electron chi connectivity index (χ2n) is 8.76. The molecule has 6 heterocycles. The van der Waals surface area contributed by atoms with Crippen LogP contribution in [0.25, 0.3) is 11.2 Å². The molecule has 0 aromatic carbocycles. The molecule has 0 radical (unpaired) electrons. The molecule has 1 saturated heterocycles. The fraction of sp³-hybridized carbons (Fsp3) is 0.500. The van der Waals surface area contributed by atoms with Crippen LogP contribution >= 0.6 is 25.8 Å². The number of carbonyl (C=O) groups is 1. The van der Waals surface area contributed by atoms with Crippen molar-refractivity contribution >= 4 is 72.8 Å². The van der Waals surface area contributed by atoms with Gasteiger partial charge in [0.2, 0.25) is 5.96 Å². The molecule has 3 unspecified atom stereocenters. The van der Waals surface area contributed by atoms with Gasteiger partial charge in [0.05, 0.1) is 25.7 Å². The maximum absolute atomic E-state index is 13.4. The van der Waals surface area contributed by atoms with Crippen LogP contribution in [0.1, 0.15) is 5.82 Å². The van der Waals surface area contributed by atoms with Crippen LogP contribution in [-0.2, 0) is 57.1 Å². The summed E-state index contributed by atoms with van der Waals surface area (Å²) in [5, 5.41) is 21.1. The standard InChI is InChI=1S/C18H21N9O9P2S2/c19-18-24-15-11(16(29)25-18)22-7-27(15)17-13-12(28)9(35-17)4-33-37(30,39)32-2-1-26-10(5-34-38(31,40)36-13)23-8-3-20-6-21-14(8)26/h3,6-7,9,11-13,17,28H,1-2,4-5H2,(H,30,39)(H,31,40)(H2,19,25,29)/t9-,11?,12+,13-,17-,37?,38?/m1/s1. The van der Waals surface area contributed by atoms with E-state index in [-0.39, 0.29) is 31.4 Å². The van der Waals surface area contributed by atoms with Crippen molar-refractivity contribution in [3.8, 4) is 0 Å². The maximum Gasteiger partial charge on any atom is 0.387 e. The van der Waals surface area contributed by atoms with Gasteiger partial charge in [0.1, 0.15) is 42.6 Å². The average molecular weight is 634 g/mol. The molecule has 1 fully saturated rings. The minimum Gasteiger partial charge on any atom is -0.387 e. The third-order valence-corrected chi connectivity index (χ3v) is 9.44. The van der Waals surface area contributed by atoms with Crippen molar-refractivity contribution in [2.45, 2.75) is 43.7 Å². The lowest BCUT2D eigenvalue weighted by molar-refractivity contribution is -0.119. The van der Waals surface area contributed by atoms with Crippen LogP contribution in [0.4, 0.5) is 0 Å². The minimum atomic E-state index is -4.22. The van der Waals surface area contributed by atoms with Crippen molar-refractivity contribution in [2.24, 2.45) is 9.98 Å². The number of guanidine groups is 1. The van der Waals surface area contributed by atoms with Crippen molar-refractivity contribution in [2.75, 3.05) is 13.2 Å². The first kappa shape index (κ1) is 27.9. The van der Waals surface area contributed by atoms with Crippen LogP contribution in [0.15, 0.2) is 22.5 Å². The monoisotopic (exact) mass is 633 g/mol. The zero-order valence-electron chi connectivity index (χ0n) is 20.1. The molecule has 2 bridgehead atoms. The van der Waals surface area contributed by atoms with Gasteiger partial charge in [-0.1, -0.05) is 12.2 Å². The first-order valence-corrected chi connectivity index (χ1v) is 16.9. The van der Waals surface area contributed by atoms with Gasteiger partial charge in [0, 0.05) is 6.54 Å². The Bertz CT molecular complexity index is 1540. The Hall–Kier alpha value is -2.22. The van der Waals surface area contributed by atoms with E-state index in [1.54, 1.807) is 4.57 Å². The Balaban J connectivity index is 1.33. The zero-order valence-corrected chi connectivity index (χ0v) is 23.6. The molecular formula is C18H21N9O9P2S2. The lowest BCUT2D eigenvalue weighted by Crippen LogP contribution is -2.53. The lowest BCUT2D eigenvalue weighted by atomic mass is 10.1. The molecule has 0 saturated carbocycles. The molecule has 7 atom stereocenters. The second-order valence-corrected chi connectivity index (χ2v) is 14.5. The highest BCUT2D eigenvalue weighted by Gasteiger charge is 2.53. The highest BCUT2D eigenvalue weighted by molar-refractivity contribution is 8.44. The molecule has 0 spiro atoms. The van der Waals surface area contributed by atoms with Crippen molar-refractivity contribution in [1.82, 2.24) is 29.7 Å². The van der Waals surface area contributed by atoms with Gasteiger partial charge in [-0.05, 0) is 11.8 Å². The van der Waals surface area contributed by atoms with Gasteiger partial charge in [0.15, 0.2) is 23.8 Å². The molecule has 40 heavy (non-hydrogen) atoms. The fourth-order valence-corrected chi connectivity index (χ4v) is 6.98. The largest absolute Gasteiger partial charge is 0.387 e. The predicted molar refractivity (Wildman–Crippen MR) is 142 cm³/mol. The summed E-state index contributed by atoms with van der Waals surface area (Å²) in [6.07, 6.45) is -1.35. The molecule has 4 aliphatic heterocycles. The summed E-state index contributed by atoms with van der Waals surface area (Å²) < 4.78 is 43.1. The number of aromatic nitrogens is 4. The fourth-order valence-electron chi connectivity index (χ4n) is 4.47. The second kappa shape index (κ2) is 10.6. The van der Waals surface area contributed by atoms with E-state index in [2.05, 4.69) is 42.5 Å². The Labute approximate surface area is 235 Å². The van der Waals surface area contributed by atoms with E-state index in [0.29, 0.717) is 11.2 Å². The van der Waals surface area contributed by atoms with E-state index >= 15 is 0 Å². The first-order chi connectivity index (χ1) is 19.0. The van der Waals surface area contributed by atoms with Crippen molar-refractivity contribution in [3.63, 3.8) is 0 Å². The van der Waals surface area contributed by atoms with Gasteiger partial charge >= 0.3 is 13.5 Å². The smallest absolute Gasteiger partial charge is 0.387 e. The lowest BCUT2D eigenvalue weighted by Gasteiger charge is -2.31. The summed E-state index contributed by atoms with van der Waals surface area (Å²) in [5.74, 6) is -0.720. The molecule has 2 aromatic heterocycles. The van der Waals surface area contributed by atoms with Crippen LogP contribution in [0, 0.1) is 5.41 Å². The van der Waals surface area contributed by atoms with Gasteiger partial charge in [-0.3, -0.25) is 34.5 Å². The Morgan fingerprint density at radius 2 is 2.12 bits per heavy atom. The summed E-state index contributed by atoms with van der Waals surface area (Å²) in [4.78, 5) is 44.8. The SMILES string of the molecule is N=C1N=C2C(N=CN2[C@@H]2O[C@@H]3COP(O)(=S)OCCn4c(nc5cncnc54)COP(=O)(S)O[C@@H]2[C@H]3O)C(=O)N1. The number of fused-ring (bicyclic) bond motifs is 6. The zero-order chi connectivity index (χ0) is 28.2. The van der Waals surface area contributed by atoms with Gasteiger partial charge < -0.3 is 28.4 Å². The van der Waals surface area contributed by atoms with E-state index in [1.807, 2.05) is 0 Å². The third-order valence-electron chi connectivity index (χ3n) is 6.22. The van der Waals surface area contributed by atoms with Gasteiger partial charge in [-0.25, -0.2) is 19.5 Å². The van der Waals surface area contributed by atoms with Crippen LogP contribution in [0.5, 0.6) is 0 Å². The molecule has 22 heteroatoms. The quantitative estimate of drug-likeness (QED) is 0.193. The van der Waals surface area contributed by atoms with E-state index < -0.39 is 62.6 Å². The van der Waals surface area contributed by atoms with Crippen molar-refractivity contribution in [3.05, 3.63) is 18.3 Å². The van der Waals surface area contributed by atoms with E-state index in [0.717, 1.165) is 0 Å². The molecule has 1 amide bonds. The number of nitrogens with one attached hydrogen (secondary N) is 2. The third kappa shape index (κ3) is 5.37. The molecule has 0 aliphatic carbocycles. The first-order valence-electron chi connectivity index (χ1n) is 11.6. The van der Waals surface area contributed by atoms with E-state index in [4.69, 9.17) is 40.0 Å². The Kier molecular flexibility index (Phi) is 7.37. The minimum absolute atomic E-state index is 0.0240. The summed E-state index contributed by atoms with van der Waals surface area (Å²) in [7, 11) is 0. The number of thiol groups is 1. The number of hydrogen-bond donors (Lipinski definition) is 5. The Morgan fingerprint density at radius 1 is 1.30 bits per heavy atom. The number of carbonyl (C=O) groups excluding carboxylic acids is 1. The molecular weight excluding hydrogens is 612 g/mol. The van der Waals surface area contributed by atoms with Gasteiger partial charge in [0.25, 0.3) is 5.91 Å². The average Bonchev–Trinajstić information content (AvgIpc) is 3.55. The van der Waals surface area contributed by atoms with E-state index in [9.17, 15) is 19.4 Å². The highest BCUT2D eigenvalue weighted by Crippen LogP contribution is 2.56. The van der Waals surface area contributed by atoms with Gasteiger partial charge in [-0.15, -0.1) is 0 Å². The number of aliphatic imine (C=N–C) groups is 2. The van der Waals surface area contributed by atoms with Crippen molar-refractivity contribution in [1.29, 1.82) is 5.41 Å². The molecule has 4 N–H and O–H groups in total.